The average Bonchev–Trinajstić information content (AvgIpc) is 3.14. The Morgan fingerprint density at radius 1 is 1.28 bits per heavy atom. The quantitative estimate of drug-likeness (QED) is 0.604. The summed E-state index contributed by atoms with van der Waals surface area (Å²) in [4.78, 5) is 28.6. The van der Waals surface area contributed by atoms with E-state index in [1.807, 2.05) is 6.07 Å². The van der Waals surface area contributed by atoms with Crippen LogP contribution in [0.2, 0.25) is 0 Å². The van der Waals surface area contributed by atoms with E-state index in [-0.39, 0.29) is 17.3 Å². The topological polar surface area (TPSA) is 75.9 Å². The molecule has 0 radical (unpaired) electrons. The smallest absolute Gasteiger partial charge is 0.311 e. The molecule has 0 unspecified atom stereocenters. The third-order valence-electron chi connectivity index (χ3n) is 4.24. The van der Waals surface area contributed by atoms with Gasteiger partial charge in [0, 0.05) is 49.2 Å². The number of piperazine rings is 1. The Hall–Kier alpha value is -2.45. The van der Waals surface area contributed by atoms with Gasteiger partial charge in [-0.1, -0.05) is 6.07 Å². The highest BCUT2D eigenvalue weighted by Gasteiger charge is 2.25. The van der Waals surface area contributed by atoms with Gasteiger partial charge in [0.1, 0.15) is 0 Å². The Kier molecular flexibility index (Phi) is 5.30. The summed E-state index contributed by atoms with van der Waals surface area (Å²) < 4.78 is 4.98. The van der Waals surface area contributed by atoms with Gasteiger partial charge in [-0.15, -0.1) is 11.3 Å². The highest BCUT2D eigenvalue weighted by Crippen LogP contribution is 2.28. The van der Waals surface area contributed by atoms with Crippen molar-refractivity contribution in [2.24, 2.45) is 0 Å². The molecular formula is C17H19N3O4S. The molecule has 7 nitrogen and oxygen atoms in total. The average molecular weight is 361 g/mol. The molecule has 2 aromatic rings. The molecule has 1 fully saturated rings. The molecule has 1 aliphatic heterocycles. The summed E-state index contributed by atoms with van der Waals surface area (Å²) in [7, 11) is 1.37. The second-order valence-electron chi connectivity index (χ2n) is 5.79. The van der Waals surface area contributed by atoms with Crippen molar-refractivity contribution in [2.75, 3.05) is 33.3 Å². The van der Waals surface area contributed by atoms with Gasteiger partial charge in [-0.2, -0.15) is 0 Å². The maximum Gasteiger partial charge on any atom is 0.311 e. The molecule has 1 aliphatic rings. The molecule has 3 rings (SSSR count). The molecule has 2 heterocycles. The summed E-state index contributed by atoms with van der Waals surface area (Å²) in [6.07, 6.45) is 0. The highest BCUT2D eigenvalue weighted by molar-refractivity contribution is 7.09. The molecular weight excluding hydrogens is 342 g/mol. The minimum atomic E-state index is -0.533. The van der Waals surface area contributed by atoms with Crippen LogP contribution in [-0.2, 0) is 6.54 Å². The lowest BCUT2D eigenvalue weighted by molar-refractivity contribution is -0.385. The van der Waals surface area contributed by atoms with E-state index < -0.39 is 4.92 Å². The number of carbonyl (C=O) groups is 1. The van der Waals surface area contributed by atoms with Gasteiger partial charge in [-0.3, -0.25) is 19.8 Å². The van der Waals surface area contributed by atoms with Crippen LogP contribution in [0.1, 0.15) is 15.2 Å². The predicted molar refractivity (Wildman–Crippen MR) is 95.1 cm³/mol. The van der Waals surface area contributed by atoms with Gasteiger partial charge in [-0.25, -0.2) is 0 Å². The fourth-order valence-electron chi connectivity index (χ4n) is 2.88. The van der Waals surface area contributed by atoms with Crippen molar-refractivity contribution in [1.29, 1.82) is 0 Å². The fourth-order valence-corrected chi connectivity index (χ4v) is 3.63. The third-order valence-corrected chi connectivity index (χ3v) is 5.10. The van der Waals surface area contributed by atoms with Crippen LogP contribution >= 0.6 is 11.3 Å². The Morgan fingerprint density at radius 2 is 2.04 bits per heavy atom. The number of nitro groups is 1. The van der Waals surface area contributed by atoms with Crippen molar-refractivity contribution in [3.63, 3.8) is 0 Å². The Balaban J connectivity index is 1.64. The van der Waals surface area contributed by atoms with Gasteiger partial charge in [-0.05, 0) is 23.6 Å². The summed E-state index contributed by atoms with van der Waals surface area (Å²) in [6, 6.07) is 8.48. The lowest BCUT2D eigenvalue weighted by Crippen LogP contribution is -2.48. The zero-order valence-electron chi connectivity index (χ0n) is 13.9. The molecule has 0 aliphatic carbocycles. The zero-order chi connectivity index (χ0) is 17.8. The molecule has 1 saturated heterocycles. The first-order valence-electron chi connectivity index (χ1n) is 7.95. The zero-order valence-corrected chi connectivity index (χ0v) is 14.7. The molecule has 1 amide bonds. The van der Waals surface area contributed by atoms with E-state index >= 15 is 0 Å². The van der Waals surface area contributed by atoms with Crippen molar-refractivity contribution in [3.05, 3.63) is 56.3 Å². The molecule has 0 spiro atoms. The summed E-state index contributed by atoms with van der Waals surface area (Å²) in [5.74, 6) is -0.0242. The number of nitro benzene ring substituents is 1. The first-order chi connectivity index (χ1) is 12.1. The summed E-state index contributed by atoms with van der Waals surface area (Å²) in [5.41, 5.74) is 0.129. The van der Waals surface area contributed by atoms with E-state index in [9.17, 15) is 14.9 Å². The van der Waals surface area contributed by atoms with E-state index in [2.05, 4.69) is 16.3 Å². The first-order valence-corrected chi connectivity index (χ1v) is 8.83. The lowest BCUT2D eigenvalue weighted by atomic mass is 10.1. The molecule has 8 heteroatoms. The number of hydrogen-bond acceptors (Lipinski definition) is 6. The molecule has 0 bridgehead atoms. The van der Waals surface area contributed by atoms with Gasteiger partial charge in [0.15, 0.2) is 5.75 Å². The minimum absolute atomic E-state index is 0.155. The second-order valence-corrected chi connectivity index (χ2v) is 6.82. The third kappa shape index (κ3) is 3.97. The predicted octanol–water partition coefficient (Wildman–Crippen LogP) is 2.62. The second kappa shape index (κ2) is 7.62. The molecule has 1 aromatic carbocycles. The number of amides is 1. The fraction of sp³-hybridized carbons (Fsp3) is 0.353. The number of ether oxygens (including phenoxy) is 1. The maximum atomic E-state index is 12.6. The number of carbonyl (C=O) groups excluding carboxylic acids is 1. The van der Waals surface area contributed by atoms with E-state index in [0.717, 1.165) is 19.6 Å². The SMILES string of the molecule is COc1ccc(C(=O)N2CCN(Cc3cccs3)CC2)cc1[N+](=O)[O-]. The van der Waals surface area contributed by atoms with Crippen LogP contribution < -0.4 is 4.74 Å². The van der Waals surface area contributed by atoms with Crippen LogP contribution in [0, 0.1) is 10.1 Å². The van der Waals surface area contributed by atoms with Gasteiger partial charge in [0.2, 0.25) is 0 Å². The first kappa shape index (κ1) is 17.4. The van der Waals surface area contributed by atoms with Gasteiger partial charge in [0.25, 0.3) is 5.91 Å². The van der Waals surface area contributed by atoms with Crippen LogP contribution in [0.15, 0.2) is 35.7 Å². The molecule has 132 valence electrons. The highest BCUT2D eigenvalue weighted by atomic mass is 32.1. The van der Waals surface area contributed by atoms with Gasteiger partial charge < -0.3 is 9.64 Å². The molecule has 0 atom stereocenters. The molecule has 25 heavy (non-hydrogen) atoms. The van der Waals surface area contributed by atoms with Crippen molar-refractivity contribution < 1.29 is 14.5 Å². The maximum absolute atomic E-state index is 12.6. The van der Waals surface area contributed by atoms with Crippen molar-refractivity contribution in [3.8, 4) is 5.75 Å². The summed E-state index contributed by atoms with van der Waals surface area (Å²) >= 11 is 1.73. The van der Waals surface area contributed by atoms with Crippen LogP contribution in [0.4, 0.5) is 5.69 Å². The van der Waals surface area contributed by atoms with E-state index in [1.165, 1.54) is 24.1 Å². The standard InChI is InChI=1S/C17H19N3O4S/c1-24-16-5-4-13(11-15(16)20(22)23)17(21)19-8-6-18(7-9-19)12-14-3-2-10-25-14/h2-5,10-11H,6-9,12H2,1H3. The number of nitrogens with zero attached hydrogens (tertiary/aromatic N) is 3. The Labute approximate surface area is 149 Å². The summed E-state index contributed by atoms with van der Waals surface area (Å²) in [5, 5.41) is 13.2. The number of rotatable bonds is 5. The van der Waals surface area contributed by atoms with Crippen molar-refractivity contribution >= 4 is 22.9 Å². The number of thiophene rings is 1. The van der Waals surface area contributed by atoms with Crippen LogP contribution in [0.5, 0.6) is 5.75 Å². The lowest BCUT2D eigenvalue weighted by Gasteiger charge is -2.34. The van der Waals surface area contributed by atoms with Crippen molar-refractivity contribution in [2.45, 2.75) is 6.54 Å². The Bertz CT molecular complexity index is 755. The number of benzene rings is 1. The van der Waals surface area contributed by atoms with E-state index in [4.69, 9.17) is 4.74 Å². The number of methoxy groups -OCH3 is 1. The van der Waals surface area contributed by atoms with E-state index in [0.29, 0.717) is 18.7 Å². The normalized spacial score (nSPS) is 15.2. The molecule has 0 N–H and O–H groups in total. The van der Waals surface area contributed by atoms with Crippen LogP contribution in [0.25, 0.3) is 0 Å². The molecule has 1 aromatic heterocycles. The van der Waals surface area contributed by atoms with Crippen LogP contribution in [0.3, 0.4) is 0 Å². The largest absolute Gasteiger partial charge is 0.490 e. The minimum Gasteiger partial charge on any atom is -0.490 e. The molecule has 0 saturated carbocycles. The Morgan fingerprint density at radius 3 is 2.64 bits per heavy atom. The van der Waals surface area contributed by atoms with Gasteiger partial charge in [0.05, 0.1) is 12.0 Å². The summed E-state index contributed by atoms with van der Waals surface area (Å²) in [6.45, 7) is 3.71. The van der Waals surface area contributed by atoms with E-state index in [1.54, 1.807) is 22.3 Å². The van der Waals surface area contributed by atoms with Crippen molar-refractivity contribution in [1.82, 2.24) is 9.80 Å². The van der Waals surface area contributed by atoms with Crippen LogP contribution in [-0.4, -0.2) is 53.9 Å². The van der Waals surface area contributed by atoms with Gasteiger partial charge >= 0.3 is 5.69 Å². The number of hydrogen-bond donors (Lipinski definition) is 0. The monoisotopic (exact) mass is 361 g/mol.